The van der Waals surface area contributed by atoms with Crippen molar-refractivity contribution < 1.29 is 35.9 Å². The maximum Gasteiger partial charge on any atom is 0.416 e. The summed E-state index contributed by atoms with van der Waals surface area (Å²) < 4.78 is 77.2. The largest absolute Gasteiger partial charge is 0.472 e. The molecule has 164 valence electrons. The highest BCUT2D eigenvalue weighted by Crippen LogP contribution is 2.38. The minimum absolute atomic E-state index is 0.0384. The number of hydrogen-bond donors (Lipinski definition) is 1. The predicted molar refractivity (Wildman–Crippen MR) is 107 cm³/mol. The van der Waals surface area contributed by atoms with Crippen molar-refractivity contribution in [2.75, 3.05) is 11.8 Å². The maximum absolute atomic E-state index is 13.1. The van der Waals surface area contributed by atoms with Crippen LogP contribution in [0.5, 0.6) is 0 Å². The van der Waals surface area contributed by atoms with E-state index in [9.17, 15) is 26.4 Å². The summed E-state index contributed by atoms with van der Waals surface area (Å²) in [7, 11) is -2.83. The number of esters is 1. The second-order valence-electron chi connectivity index (χ2n) is 6.66. The van der Waals surface area contributed by atoms with Crippen LogP contribution >= 0.6 is 0 Å². The van der Waals surface area contributed by atoms with E-state index in [0.29, 0.717) is 12.0 Å². The summed E-state index contributed by atoms with van der Waals surface area (Å²) in [6.07, 6.45) is 0.463. The molecular formula is C21H18F3NO5S. The normalized spacial score (nSPS) is 15.4. The van der Waals surface area contributed by atoms with Crippen LogP contribution in [0, 0.1) is 11.8 Å². The fourth-order valence-electron chi connectivity index (χ4n) is 3.07. The van der Waals surface area contributed by atoms with Crippen molar-refractivity contribution in [3.8, 4) is 11.8 Å². The number of rotatable bonds is 5. The van der Waals surface area contributed by atoms with Gasteiger partial charge in [-0.2, -0.15) is 13.2 Å². The van der Waals surface area contributed by atoms with Crippen molar-refractivity contribution >= 4 is 21.7 Å². The molecule has 0 spiro atoms. The van der Waals surface area contributed by atoms with Crippen molar-refractivity contribution in [1.29, 1.82) is 0 Å². The van der Waals surface area contributed by atoms with Gasteiger partial charge < -0.3 is 9.47 Å². The van der Waals surface area contributed by atoms with Crippen molar-refractivity contribution in [2.24, 2.45) is 0 Å². The van der Waals surface area contributed by atoms with Gasteiger partial charge in [0.1, 0.15) is 0 Å². The number of alkyl halides is 3. The zero-order valence-electron chi connectivity index (χ0n) is 16.4. The lowest BCUT2D eigenvalue weighted by molar-refractivity contribution is -0.140. The van der Waals surface area contributed by atoms with Crippen LogP contribution < -0.4 is 4.72 Å². The van der Waals surface area contributed by atoms with Gasteiger partial charge in [0.25, 0.3) is 10.0 Å². The van der Waals surface area contributed by atoms with Crippen molar-refractivity contribution in [1.82, 2.24) is 0 Å². The average molecular weight is 453 g/mol. The van der Waals surface area contributed by atoms with Gasteiger partial charge in [-0.25, -0.2) is 8.42 Å². The molecule has 0 bridgehead atoms. The van der Waals surface area contributed by atoms with E-state index in [4.69, 9.17) is 4.74 Å². The molecule has 0 aromatic heterocycles. The van der Waals surface area contributed by atoms with Gasteiger partial charge in [0.15, 0.2) is 0 Å². The van der Waals surface area contributed by atoms with Gasteiger partial charge in [0.2, 0.25) is 0 Å². The quantitative estimate of drug-likeness (QED) is 0.533. The third kappa shape index (κ3) is 5.30. The lowest BCUT2D eigenvalue weighted by atomic mass is 10.1. The number of carbonyl (C=O) groups excluding carboxylic acids is 1. The molecule has 3 rings (SSSR count). The molecule has 1 aromatic carbocycles. The minimum atomic E-state index is -4.62. The van der Waals surface area contributed by atoms with Crippen LogP contribution in [0.1, 0.15) is 36.8 Å². The molecule has 31 heavy (non-hydrogen) atoms. The molecular weight excluding hydrogens is 435 g/mol. The van der Waals surface area contributed by atoms with Crippen LogP contribution in [-0.2, 0) is 30.5 Å². The fraction of sp³-hybridized carbons (Fsp3) is 0.286. The van der Waals surface area contributed by atoms with Gasteiger partial charge in [-0.3, -0.25) is 9.52 Å². The molecule has 0 unspecified atom stereocenters. The Kier molecular flexibility index (Phi) is 6.45. The Hall–Kier alpha value is -3.19. The number of allylic oxidation sites excluding steroid dienone is 4. The third-order valence-corrected chi connectivity index (χ3v) is 6.17. The fourth-order valence-corrected chi connectivity index (χ4v) is 4.52. The van der Waals surface area contributed by atoms with Crippen LogP contribution in [-0.4, -0.2) is 21.5 Å². The van der Waals surface area contributed by atoms with Crippen molar-refractivity contribution in [3.63, 3.8) is 0 Å². The highest BCUT2D eigenvalue weighted by molar-refractivity contribution is 7.96. The molecule has 0 saturated heterocycles. The summed E-state index contributed by atoms with van der Waals surface area (Å²) in [4.78, 5) is 11.3. The highest BCUT2D eigenvalue weighted by Gasteiger charge is 2.32. The number of carbonyl (C=O) groups is 1. The maximum atomic E-state index is 13.1. The number of ether oxygens (including phenoxy) is 2. The molecule has 1 aliphatic carbocycles. The van der Waals surface area contributed by atoms with Crippen LogP contribution in [0.15, 0.2) is 52.9 Å². The second-order valence-corrected chi connectivity index (χ2v) is 8.36. The number of nitrogens with one attached hydrogen (secondary N) is 1. The van der Waals surface area contributed by atoms with E-state index in [2.05, 4.69) is 21.3 Å². The molecule has 10 heteroatoms. The first-order chi connectivity index (χ1) is 14.6. The van der Waals surface area contributed by atoms with Crippen molar-refractivity contribution in [2.45, 2.75) is 31.9 Å². The lowest BCUT2D eigenvalue weighted by Gasteiger charge is -2.14. The number of methoxy groups -OCH3 is 1. The lowest BCUT2D eigenvalue weighted by Crippen LogP contribution is -2.16. The smallest absolute Gasteiger partial charge is 0.416 e. The number of benzene rings is 1. The Bertz CT molecular complexity index is 1150. The average Bonchev–Trinajstić information content (AvgIpc) is 3.16. The first-order valence-electron chi connectivity index (χ1n) is 9.16. The molecule has 0 atom stereocenters. The molecule has 2 aliphatic rings. The van der Waals surface area contributed by atoms with E-state index in [1.54, 1.807) is 0 Å². The van der Waals surface area contributed by atoms with Gasteiger partial charge in [-0.05, 0) is 42.7 Å². The van der Waals surface area contributed by atoms with Crippen LogP contribution in [0.4, 0.5) is 18.9 Å². The predicted octanol–water partition coefficient (Wildman–Crippen LogP) is 4.23. The monoisotopic (exact) mass is 453 g/mol. The van der Waals surface area contributed by atoms with Gasteiger partial charge in [-0.1, -0.05) is 11.8 Å². The Balaban J connectivity index is 1.94. The molecule has 1 aliphatic heterocycles. The Morgan fingerprint density at radius 2 is 2.06 bits per heavy atom. The van der Waals surface area contributed by atoms with E-state index in [0.717, 1.165) is 23.8 Å². The number of halogens is 3. The molecule has 0 amide bonds. The van der Waals surface area contributed by atoms with Gasteiger partial charge in [-0.15, -0.1) is 0 Å². The van der Waals surface area contributed by atoms with Gasteiger partial charge in [0, 0.05) is 17.6 Å². The number of fused-ring (bicyclic) bond motifs is 1. The molecule has 6 nitrogen and oxygen atoms in total. The minimum Gasteiger partial charge on any atom is -0.472 e. The second kappa shape index (κ2) is 8.89. The Morgan fingerprint density at radius 3 is 2.77 bits per heavy atom. The zero-order chi connectivity index (χ0) is 22.6. The van der Waals surface area contributed by atoms with Crippen LogP contribution in [0.25, 0.3) is 0 Å². The summed E-state index contributed by atoms with van der Waals surface area (Å²) in [6, 6.07) is 2.58. The van der Waals surface area contributed by atoms with E-state index < -0.39 is 27.7 Å². The highest BCUT2D eigenvalue weighted by atomic mass is 32.2. The van der Waals surface area contributed by atoms with Crippen LogP contribution in [0.2, 0.25) is 0 Å². The summed E-state index contributed by atoms with van der Waals surface area (Å²) in [6.45, 7) is 0. The van der Waals surface area contributed by atoms with E-state index >= 15 is 0 Å². The first kappa shape index (κ1) is 22.5. The number of hydrogen-bond acceptors (Lipinski definition) is 5. The Labute approximate surface area is 177 Å². The van der Waals surface area contributed by atoms with E-state index in [1.807, 2.05) is 0 Å². The molecule has 0 saturated carbocycles. The third-order valence-electron chi connectivity index (χ3n) is 4.61. The first-order valence-corrected chi connectivity index (χ1v) is 10.6. The summed E-state index contributed by atoms with van der Waals surface area (Å²) >= 11 is 0. The topological polar surface area (TPSA) is 81.7 Å². The Morgan fingerprint density at radius 1 is 1.29 bits per heavy atom. The molecule has 0 fully saturated rings. The number of sulfonamides is 1. The van der Waals surface area contributed by atoms with Crippen LogP contribution in [0.3, 0.4) is 0 Å². The SMILES string of the molecule is COC(=O)CCC#Cc1cc(C(F)(F)F)ccc1NS(=O)(=O)C1=C2C=COC=C2CC1. The summed E-state index contributed by atoms with van der Waals surface area (Å²) in [5, 5.41) is 0. The molecule has 1 aromatic rings. The molecule has 0 radical (unpaired) electrons. The van der Waals surface area contributed by atoms with Crippen molar-refractivity contribution in [3.05, 3.63) is 64.0 Å². The molecule has 1 heterocycles. The van der Waals surface area contributed by atoms with E-state index in [-0.39, 0.29) is 35.4 Å². The summed E-state index contributed by atoms with van der Waals surface area (Å²) in [5.74, 6) is 4.60. The summed E-state index contributed by atoms with van der Waals surface area (Å²) in [5.41, 5.74) is 0.0490. The molecule has 1 N–H and O–H groups in total. The van der Waals surface area contributed by atoms with Gasteiger partial charge in [0.05, 0.1) is 42.2 Å². The zero-order valence-corrected chi connectivity index (χ0v) is 17.2. The van der Waals surface area contributed by atoms with Gasteiger partial charge >= 0.3 is 12.1 Å². The number of anilines is 1. The standard InChI is InChI=1S/C21H18F3NO5S/c1-29-20(26)5-3-2-4-14-12-16(21(22,23)24)7-8-18(14)25-31(27,28)19-9-6-15-13-30-11-10-17(15)19/h7-8,10-13,25H,3,5-6,9H2,1H3. The van der Waals surface area contributed by atoms with E-state index in [1.165, 1.54) is 25.7 Å².